The van der Waals surface area contributed by atoms with Gasteiger partial charge in [-0.15, -0.1) is 5.10 Å². The van der Waals surface area contributed by atoms with Crippen LogP contribution in [0.5, 0.6) is 0 Å². The summed E-state index contributed by atoms with van der Waals surface area (Å²) in [5, 5.41) is 19.6. The number of amides is 3. The average Bonchev–Trinajstić information content (AvgIpc) is 3.73. The molecular formula is C53H53N7O4. The molecule has 0 radical (unpaired) electrons. The standard InChI is InChI=1S/C53H53N7O4/c1-51(2,3)64-50(63)55-52(4,5)35-47(61)54-45-34-33-39-19-15-18-28-46(39)59(49(45)62)36-37-29-31-38(32-30-37)43-26-16-17-27-44(43)48-56-57-58-60(48)53(40-20-9-6-10-21-40,41-22-11-7-12-23-41)42-24-13-8-14-25-42/h6-32,45H,33-36H2,1-5H3,(H,54,61)(H,55,63)/t45-/m0/s1. The van der Waals surface area contributed by atoms with Gasteiger partial charge in [0.2, 0.25) is 11.8 Å². The largest absolute Gasteiger partial charge is 0.444 e. The van der Waals surface area contributed by atoms with Gasteiger partial charge >= 0.3 is 6.09 Å². The van der Waals surface area contributed by atoms with E-state index in [0.29, 0.717) is 25.2 Å². The van der Waals surface area contributed by atoms with Crippen LogP contribution < -0.4 is 15.5 Å². The van der Waals surface area contributed by atoms with Gasteiger partial charge in [0, 0.05) is 23.2 Å². The minimum Gasteiger partial charge on any atom is -0.444 e. The third-order valence-electron chi connectivity index (χ3n) is 11.5. The molecule has 3 amide bonds. The van der Waals surface area contributed by atoms with Gasteiger partial charge in [-0.25, -0.2) is 9.48 Å². The highest BCUT2D eigenvalue weighted by atomic mass is 16.6. The summed E-state index contributed by atoms with van der Waals surface area (Å²) in [5.74, 6) is 0.0595. The van der Waals surface area contributed by atoms with E-state index in [1.54, 1.807) is 39.5 Å². The van der Waals surface area contributed by atoms with Crippen LogP contribution in [0.4, 0.5) is 10.5 Å². The maximum atomic E-state index is 14.4. The van der Waals surface area contributed by atoms with Gasteiger partial charge in [-0.3, -0.25) is 9.59 Å². The molecule has 0 bridgehead atoms. The molecule has 64 heavy (non-hydrogen) atoms. The van der Waals surface area contributed by atoms with Gasteiger partial charge in [0.25, 0.3) is 0 Å². The Hall–Kier alpha value is -7.40. The first-order chi connectivity index (χ1) is 30.8. The lowest BCUT2D eigenvalue weighted by molar-refractivity contribution is -0.128. The number of tetrazole rings is 1. The van der Waals surface area contributed by atoms with E-state index in [9.17, 15) is 14.4 Å². The molecule has 1 atom stereocenters. The number of aromatic nitrogens is 4. The van der Waals surface area contributed by atoms with E-state index in [4.69, 9.17) is 15.0 Å². The molecule has 11 nitrogen and oxygen atoms in total. The molecule has 0 unspecified atom stereocenters. The van der Waals surface area contributed by atoms with Crippen molar-refractivity contribution >= 4 is 23.6 Å². The third-order valence-corrected chi connectivity index (χ3v) is 11.5. The number of rotatable bonds is 12. The molecule has 6 aromatic carbocycles. The number of nitrogens with one attached hydrogen (secondary N) is 2. The number of aryl methyl sites for hydroxylation is 1. The van der Waals surface area contributed by atoms with E-state index in [2.05, 4.69) is 70.4 Å². The Morgan fingerprint density at radius 2 is 1.23 bits per heavy atom. The molecule has 2 heterocycles. The Bertz CT molecular complexity index is 2630. The van der Waals surface area contributed by atoms with Crippen LogP contribution in [-0.4, -0.2) is 55.3 Å². The SMILES string of the molecule is CC(C)(CC(=O)N[C@H]1CCc2ccccc2N(Cc2ccc(-c3ccccc3-c3nnnn3C(c3ccccc3)(c3ccccc3)c3ccccc3)cc2)C1=O)NC(=O)OC(C)(C)C. The van der Waals surface area contributed by atoms with Crippen molar-refractivity contribution in [1.82, 2.24) is 30.8 Å². The first-order valence-electron chi connectivity index (χ1n) is 21.7. The number of benzene rings is 6. The molecule has 0 saturated heterocycles. The van der Waals surface area contributed by atoms with Crippen molar-refractivity contribution in [3.8, 4) is 22.5 Å². The van der Waals surface area contributed by atoms with E-state index in [-0.39, 0.29) is 18.2 Å². The topological polar surface area (TPSA) is 131 Å². The highest BCUT2D eigenvalue weighted by molar-refractivity contribution is 6.00. The molecule has 0 saturated carbocycles. The fourth-order valence-electron chi connectivity index (χ4n) is 8.67. The maximum Gasteiger partial charge on any atom is 0.408 e. The summed E-state index contributed by atoms with van der Waals surface area (Å²) in [7, 11) is 0. The van der Waals surface area contributed by atoms with Crippen LogP contribution in [0.1, 0.15) is 75.3 Å². The summed E-state index contributed by atoms with van der Waals surface area (Å²) < 4.78 is 7.35. The molecule has 1 aliphatic heterocycles. The van der Waals surface area contributed by atoms with Crippen molar-refractivity contribution in [2.75, 3.05) is 4.90 Å². The third kappa shape index (κ3) is 9.20. The van der Waals surface area contributed by atoms with E-state index in [1.807, 2.05) is 114 Å². The summed E-state index contributed by atoms with van der Waals surface area (Å²) in [6.07, 6.45) is 0.402. The van der Waals surface area contributed by atoms with Gasteiger partial charge in [-0.05, 0) is 103 Å². The zero-order chi connectivity index (χ0) is 44.9. The molecule has 0 aliphatic carbocycles. The van der Waals surface area contributed by atoms with Crippen molar-refractivity contribution in [2.45, 2.75) is 83.1 Å². The maximum absolute atomic E-state index is 14.4. The fourth-order valence-corrected chi connectivity index (χ4v) is 8.67. The van der Waals surface area contributed by atoms with Crippen LogP contribution in [0.2, 0.25) is 0 Å². The van der Waals surface area contributed by atoms with Gasteiger partial charge in [-0.1, -0.05) is 158 Å². The van der Waals surface area contributed by atoms with Gasteiger partial charge in [0.15, 0.2) is 5.82 Å². The number of anilines is 1. The van der Waals surface area contributed by atoms with Gasteiger partial charge in [-0.2, -0.15) is 0 Å². The Morgan fingerprint density at radius 3 is 1.83 bits per heavy atom. The molecular weight excluding hydrogens is 799 g/mol. The number of hydrogen-bond acceptors (Lipinski definition) is 7. The van der Waals surface area contributed by atoms with E-state index in [1.165, 1.54) is 0 Å². The Kier molecular flexibility index (Phi) is 12.3. The van der Waals surface area contributed by atoms with Crippen LogP contribution in [0.25, 0.3) is 22.5 Å². The number of alkyl carbamates (subject to hydrolysis) is 1. The molecule has 324 valence electrons. The van der Waals surface area contributed by atoms with Crippen LogP contribution in [0.15, 0.2) is 164 Å². The Balaban J connectivity index is 1.09. The molecule has 1 aliphatic rings. The number of hydrogen-bond donors (Lipinski definition) is 2. The van der Waals surface area contributed by atoms with E-state index < -0.39 is 28.8 Å². The predicted molar refractivity (Wildman–Crippen MR) is 249 cm³/mol. The van der Waals surface area contributed by atoms with Crippen molar-refractivity contribution in [3.05, 3.63) is 192 Å². The van der Waals surface area contributed by atoms with Crippen molar-refractivity contribution in [3.63, 3.8) is 0 Å². The zero-order valence-corrected chi connectivity index (χ0v) is 36.9. The lowest BCUT2D eigenvalue weighted by atomic mass is 9.77. The average molecular weight is 852 g/mol. The minimum absolute atomic E-state index is 0.0377. The zero-order valence-electron chi connectivity index (χ0n) is 36.9. The summed E-state index contributed by atoms with van der Waals surface area (Å²) in [6.45, 7) is 9.15. The minimum atomic E-state index is -0.917. The summed E-state index contributed by atoms with van der Waals surface area (Å²) >= 11 is 0. The number of fused-ring (bicyclic) bond motifs is 1. The molecule has 11 heteroatoms. The molecule has 0 spiro atoms. The summed E-state index contributed by atoms with van der Waals surface area (Å²) in [5.41, 5.74) is 6.02. The molecule has 8 rings (SSSR count). The summed E-state index contributed by atoms with van der Waals surface area (Å²) in [4.78, 5) is 42.2. The van der Waals surface area contributed by atoms with E-state index in [0.717, 1.165) is 50.2 Å². The second-order valence-corrected chi connectivity index (χ2v) is 17.9. The molecule has 0 fully saturated rings. The van der Waals surface area contributed by atoms with Crippen molar-refractivity contribution in [1.29, 1.82) is 0 Å². The van der Waals surface area contributed by atoms with Crippen molar-refractivity contribution in [2.24, 2.45) is 0 Å². The smallest absolute Gasteiger partial charge is 0.408 e. The second kappa shape index (κ2) is 18.1. The number of para-hydroxylation sites is 1. The number of carbonyl (C=O) groups excluding carboxylic acids is 3. The van der Waals surface area contributed by atoms with Crippen molar-refractivity contribution < 1.29 is 19.1 Å². The first kappa shape index (κ1) is 43.3. The summed E-state index contributed by atoms with van der Waals surface area (Å²) in [6, 6.07) is 54.5. The normalized spacial score (nSPS) is 14.3. The molecule has 7 aromatic rings. The molecule has 2 N–H and O–H groups in total. The highest BCUT2D eigenvalue weighted by Crippen LogP contribution is 2.43. The van der Waals surface area contributed by atoms with Gasteiger partial charge in [0.1, 0.15) is 17.2 Å². The van der Waals surface area contributed by atoms with Gasteiger partial charge in [0.05, 0.1) is 6.54 Å². The number of ether oxygens (including phenoxy) is 1. The van der Waals surface area contributed by atoms with Crippen LogP contribution >= 0.6 is 0 Å². The quantitative estimate of drug-likeness (QED) is 0.117. The Labute approximate surface area is 374 Å². The predicted octanol–water partition coefficient (Wildman–Crippen LogP) is 9.50. The second-order valence-electron chi connectivity index (χ2n) is 17.9. The number of nitrogens with zero attached hydrogens (tertiary/aromatic N) is 5. The lowest BCUT2D eigenvalue weighted by Crippen LogP contribution is -2.52. The fraction of sp³-hybridized carbons (Fsp3) is 0.245. The lowest BCUT2D eigenvalue weighted by Gasteiger charge is -2.36. The monoisotopic (exact) mass is 851 g/mol. The van der Waals surface area contributed by atoms with Crippen LogP contribution in [-0.2, 0) is 32.8 Å². The molecule has 1 aromatic heterocycles. The Morgan fingerprint density at radius 1 is 0.688 bits per heavy atom. The van der Waals surface area contributed by atoms with Crippen LogP contribution in [0.3, 0.4) is 0 Å². The van der Waals surface area contributed by atoms with Crippen LogP contribution in [0, 0.1) is 0 Å². The van der Waals surface area contributed by atoms with E-state index >= 15 is 0 Å². The number of carbonyl (C=O) groups is 3. The highest BCUT2D eigenvalue weighted by Gasteiger charge is 2.42. The first-order valence-corrected chi connectivity index (χ1v) is 21.7. The van der Waals surface area contributed by atoms with Gasteiger partial charge < -0.3 is 20.3 Å².